The van der Waals surface area contributed by atoms with Crippen LogP contribution >= 0.6 is 23.4 Å². The molecule has 0 saturated carbocycles. The van der Waals surface area contributed by atoms with Gasteiger partial charge in [-0.3, -0.25) is 14.5 Å². The molecule has 1 fully saturated rings. The topological polar surface area (TPSA) is 97.3 Å². The first kappa shape index (κ1) is 26.4. The van der Waals surface area contributed by atoms with Crippen LogP contribution in [0.15, 0.2) is 53.5 Å². The summed E-state index contributed by atoms with van der Waals surface area (Å²) < 4.78 is 34.8. The number of anilines is 1. The zero-order valence-electron chi connectivity index (χ0n) is 18.8. The lowest BCUT2D eigenvalue weighted by molar-refractivity contribution is -0.129. The minimum Gasteiger partial charge on any atom is -0.462 e. The van der Waals surface area contributed by atoms with Crippen LogP contribution in [0.2, 0.25) is 0 Å². The van der Waals surface area contributed by atoms with Gasteiger partial charge in [0.1, 0.15) is 11.0 Å². The van der Waals surface area contributed by atoms with Gasteiger partial charge in [-0.15, -0.1) is 8.78 Å². The molecule has 0 radical (unpaired) electrons. The van der Waals surface area contributed by atoms with Crippen LogP contribution in [0.4, 0.5) is 20.2 Å². The Balaban J connectivity index is 1.72. The molecule has 1 heterocycles. The van der Waals surface area contributed by atoms with Gasteiger partial charge in [-0.2, -0.15) is 0 Å². The molecule has 1 N–H and O–H groups in total. The molecule has 0 unspecified atom stereocenters. The zero-order chi connectivity index (χ0) is 25.6. The van der Waals surface area contributed by atoms with Crippen molar-refractivity contribution in [1.82, 2.24) is 4.90 Å². The number of alkyl halides is 3. The van der Waals surface area contributed by atoms with E-state index in [-0.39, 0.29) is 24.7 Å². The monoisotopic (exact) mass is 525 g/mol. The van der Waals surface area contributed by atoms with E-state index in [1.807, 2.05) is 0 Å². The predicted molar refractivity (Wildman–Crippen MR) is 129 cm³/mol. The van der Waals surface area contributed by atoms with Crippen LogP contribution in [0.5, 0.6) is 5.75 Å². The highest BCUT2D eigenvalue weighted by atomic mass is 35.5. The molecule has 0 aliphatic carbocycles. The van der Waals surface area contributed by atoms with Gasteiger partial charge in [0.15, 0.2) is 5.17 Å². The number of benzene rings is 2. The number of hydrogen-bond acceptors (Lipinski definition) is 7. The first-order valence-corrected chi connectivity index (χ1v) is 11.8. The third kappa shape index (κ3) is 7.40. The summed E-state index contributed by atoms with van der Waals surface area (Å²) in [6, 6.07) is 11.6. The van der Waals surface area contributed by atoms with Gasteiger partial charge in [0.05, 0.1) is 17.9 Å². The minimum atomic E-state index is -3.84. The molecule has 8 nitrogen and oxygen atoms in total. The number of halogens is 3. The van der Waals surface area contributed by atoms with E-state index < -0.39 is 22.7 Å². The van der Waals surface area contributed by atoms with E-state index in [2.05, 4.69) is 15.0 Å². The van der Waals surface area contributed by atoms with E-state index in [0.29, 0.717) is 28.7 Å². The van der Waals surface area contributed by atoms with Crippen molar-refractivity contribution in [3.8, 4) is 5.75 Å². The summed E-state index contributed by atoms with van der Waals surface area (Å²) in [4.78, 5) is 43.2. The third-order valence-corrected chi connectivity index (χ3v) is 5.97. The molecule has 1 aliphatic heterocycles. The number of carbonyl (C=O) groups is 3. The molecule has 0 bridgehead atoms. The highest BCUT2D eigenvalue weighted by Gasteiger charge is 2.35. The fourth-order valence-electron chi connectivity index (χ4n) is 3.11. The normalized spacial score (nSPS) is 17.3. The molecule has 0 aromatic heterocycles. The number of amidine groups is 1. The quantitative estimate of drug-likeness (QED) is 0.384. The van der Waals surface area contributed by atoms with Crippen LogP contribution in [-0.4, -0.2) is 51.8 Å². The van der Waals surface area contributed by atoms with Crippen molar-refractivity contribution in [3.05, 3.63) is 54.1 Å². The SMILES string of the molecule is CCOC(=O)c1ccc(NC(=O)[C@@H]2CC(=O)N(CC)C(=Nc3ccc(OC(F)(F)Cl)cc3)S2)cc1. The molecule has 1 saturated heterocycles. The Morgan fingerprint density at radius 1 is 1.17 bits per heavy atom. The van der Waals surface area contributed by atoms with Gasteiger partial charge in [0.25, 0.3) is 0 Å². The van der Waals surface area contributed by atoms with Crippen molar-refractivity contribution >= 4 is 57.7 Å². The maximum absolute atomic E-state index is 12.9. The maximum atomic E-state index is 12.9. The molecular formula is C23H22ClF2N3O5S. The lowest BCUT2D eigenvalue weighted by atomic mass is 10.2. The van der Waals surface area contributed by atoms with Gasteiger partial charge in [0.2, 0.25) is 11.8 Å². The van der Waals surface area contributed by atoms with E-state index in [4.69, 9.17) is 16.3 Å². The Bertz CT molecular complexity index is 1110. The molecule has 186 valence electrons. The lowest BCUT2D eigenvalue weighted by Crippen LogP contribution is -2.45. The second-order valence-electron chi connectivity index (χ2n) is 7.17. The number of carbonyl (C=O) groups excluding carboxylic acids is 3. The summed E-state index contributed by atoms with van der Waals surface area (Å²) in [6.45, 7) is 4.08. The highest BCUT2D eigenvalue weighted by molar-refractivity contribution is 8.15. The van der Waals surface area contributed by atoms with Crippen LogP contribution in [-0.2, 0) is 14.3 Å². The van der Waals surface area contributed by atoms with Crippen molar-refractivity contribution in [2.24, 2.45) is 4.99 Å². The number of amides is 2. The van der Waals surface area contributed by atoms with Crippen LogP contribution in [0, 0.1) is 0 Å². The predicted octanol–water partition coefficient (Wildman–Crippen LogP) is 5.01. The van der Waals surface area contributed by atoms with Gasteiger partial charge < -0.3 is 14.8 Å². The third-order valence-electron chi connectivity index (χ3n) is 4.71. The number of nitrogens with zero attached hydrogens (tertiary/aromatic N) is 2. The molecule has 2 aromatic carbocycles. The lowest BCUT2D eigenvalue weighted by Gasteiger charge is -2.30. The maximum Gasteiger partial charge on any atom is 0.487 e. The summed E-state index contributed by atoms with van der Waals surface area (Å²) >= 11 is 5.88. The number of rotatable bonds is 8. The number of hydrogen-bond donors (Lipinski definition) is 1. The van der Waals surface area contributed by atoms with Gasteiger partial charge >= 0.3 is 11.5 Å². The Labute approximate surface area is 209 Å². The second kappa shape index (κ2) is 11.5. The second-order valence-corrected chi connectivity index (χ2v) is 8.78. The summed E-state index contributed by atoms with van der Waals surface area (Å²) in [5.74, 6) is -1.29. The van der Waals surface area contributed by atoms with E-state index in [9.17, 15) is 23.2 Å². The first-order chi connectivity index (χ1) is 16.6. The van der Waals surface area contributed by atoms with E-state index >= 15 is 0 Å². The number of ether oxygens (including phenoxy) is 2. The molecule has 2 aromatic rings. The Hall–Kier alpha value is -3.18. The fraction of sp³-hybridized carbons (Fsp3) is 0.304. The Morgan fingerprint density at radius 3 is 2.40 bits per heavy atom. The summed E-state index contributed by atoms with van der Waals surface area (Å²) in [5.41, 5.74) is -2.65. The van der Waals surface area contributed by atoms with Crippen LogP contribution in [0.1, 0.15) is 30.6 Å². The van der Waals surface area contributed by atoms with Crippen molar-refractivity contribution in [3.63, 3.8) is 0 Å². The molecule has 0 spiro atoms. The largest absolute Gasteiger partial charge is 0.487 e. The van der Waals surface area contributed by atoms with Crippen molar-refractivity contribution in [2.75, 3.05) is 18.5 Å². The smallest absolute Gasteiger partial charge is 0.462 e. The van der Waals surface area contributed by atoms with Gasteiger partial charge in [-0.05, 0) is 62.4 Å². The van der Waals surface area contributed by atoms with E-state index in [0.717, 1.165) is 11.8 Å². The number of aliphatic imine (C=N–C) groups is 1. The van der Waals surface area contributed by atoms with Crippen LogP contribution in [0.25, 0.3) is 0 Å². The Morgan fingerprint density at radius 2 is 1.83 bits per heavy atom. The number of esters is 1. The Kier molecular flexibility index (Phi) is 8.68. The van der Waals surface area contributed by atoms with Crippen molar-refractivity contribution in [1.29, 1.82) is 0 Å². The van der Waals surface area contributed by atoms with Crippen LogP contribution in [0.3, 0.4) is 0 Å². The van der Waals surface area contributed by atoms with Crippen molar-refractivity contribution < 1.29 is 32.6 Å². The van der Waals surface area contributed by atoms with Crippen molar-refractivity contribution in [2.45, 2.75) is 31.1 Å². The summed E-state index contributed by atoms with van der Waals surface area (Å²) in [6.07, 6.45) is -0.0259. The highest BCUT2D eigenvalue weighted by Crippen LogP contribution is 2.31. The molecule has 12 heteroatoms. The average molecular weight is 526 g/mol. The van der Waals surface area contributed by atoms with Gasteiger partial charge in [-0.1, -0.05) is 11.8 Å². The first-order valence-electron chi connectivity index (χ1n) is 10.6. The van der Waals surface area contributed by atoms with Gasteiger partial charge in [-0.25, -0.2) is 9.79 Å². The molecule has 3 rings (SSSR count). The fourth-order valence-corrected chi connectivity index (χ4v) is 4.36. The molecule has 1 atom stereocenters. The summed E-state index contributed by atoms with van der Waals surface area (Å²) in [7, 11) is 0. The molecule has 2 amide bonds. The van der Waals surface area contributed by atoms with E-state index in [1.54, 1.807) is 26.0 Å². The average Bonchev–Trinajstić information content (AvgIpc) is 2.80. The van der Waals surface area contributed by atoms with Crippen LogP contribution < -0.4 is 10.1 Å². The summed E-state index contributed by atoms with van der Waals surface area (Å²) in [5, 5.41) is 2.30. The minimum absolute atomic E-state index is 0.0259. The molecular weight excluding hydrogens is 504 g/mol. The number of thioether (sulfide) groups is 1. The zero-order valence-corrected chi connectivity index (χ0v) is 20.4. The van der Waals surface area contributed by atoms with Gasteiger partial charge in [0, 0.05) is 30.3 Å². The van der Waals surface area contributed by atoms with E-state index in [1.165, 1.54) is 41.3 Å². The molecule has 1 aliphatic rings. The molecule has 35 heavy (non-hydrogen) atoms. The number of nitrogens with one attached hydrogen (secondary N) is 1. The standard InChI is InChI=1S/C23H22ClF2N3O5S/c1-3-29-19(30)13-18(20(31)27-15-7-5-14(6-8-15)21(32)33-4-2)35-22(29)28-16-9-11-17(12-10-16)34-23(24,25)26/h5-12,18H,3-4,13H2,1-2H3,(H,27,31)/t18-/m0/s1.